The van der Waals surface area contributed by atoms with E-state index in [9.17, 15) is 19.7 Å². The number of hydrogen-bond acceptors (Lipinski definition) is 6. The Morgan fingerprint density at radius 1 is 1.14 bits per heavy atom. The molecule has 9 nitrogen and oxygen atoms in total. The highest BCUT2D eigenvalue weighted by Gasteiger charge is 2.28. The molecular weight excluding hydrogens is 450 g/mol. The van der Waals surface area contributed by atoms with Crippen molar-refractivity contribution in [3.63, 3.8) is 0 Å². The monoisotopic (exact) mass is 483 g/mol. The van der Waals surface area contributed by atoms with Crippen molar-refractivity contribution < 1.29 is 24.0 Å². The molecule has 35 heavy (non-hydrogen) atoms. The fourth-order valence-electron chi connectivity index (χ4n) is 4.17. The van der Waals surface area contributed by atoms with Gasteiger partial charge in [-0.2, -0.15) is 0 Å². The van der Waals surface area contributed by atoms with E-state index < -0.39 is 11.0 Å². The van der Waals surface area contributed by atoms with Gasteiger partial charge in [0, 0.05) is 24.7 Å². The molecular formula is C26H33N3O6. The number of nitro groups is 1. The van der Waals surface area contributed by atoms with Crippen LogP contribution in [0.25, 0.3) is 0 Å². The molecule has 2 amide bonds. The summed E-state index contributed by atoms with van der Waals surface area (Å²) in [6.45, 7) is 3.64. The lowest BCUT2D eigenvalue weighted by Gasteiger charge is -2.31. The highest BCUT2D eigenvalue weighted by molar-refractivity contribution is 5.88. The molecule has 188 valence electrons. The predicted molar refractivity (Wildman–Crippen MR) is 131 cm³/mol. The summed E-state index contributed by atoms with van der Waals surface area (Å²) < 4.78 is 10.7. The third-order valence-electron chi connectivity index (χ3n) is 6.30. The van der Waals surface area contributed by atoms with Crippen LogP contribution in [0.5, 0.6) is 11.5 Å². The van der Waals surface area contributed by atoms with Gasteiger partial charge in [-0.1, -0.05) is 49.1 Å². The predicted octanol–water partition coefficient (Wildman–Crippen LogP) is 4.16. The maximum Gasteiger partial charge on any atom is 0.311 e. The first kappa shape index (κ1) is 26.0. The van der Waals surface area contributed by atoms with E-state index in [-0.39, 0.29) is 48.2 Å². The number of hydrogen-bond donors (Lipinski definition) is 1. The van der Waals surface area contributed by atoms with Crippen molar-refractivity contribution >= 4 is 17.5 Å². The Morgan fingerprint density at radius 3 is 2.46 bits per heavy atom. The number of benzene rings is 2. The lowest BCUT2D eigenvalue weighted by Crippen LogP contribution is -2.51. The molecule has 1 fully saturated rings. The Labute approximate surface area is 205 Å². The molecule has 1 aliphatic carbocycles. The fraction of sp³-hybridized carbons (Fsp3) is 0.462. The zero-order valence-electron chi connectivity index (χ0n) is 20.5. The topological polar surface area (TPSA) is 111 Å². The van der Waals surface area contributed by atoms with Crippen molar-refractivity contribution in [3.05, 3.63) is 63.7 Å². The van der Waals surface area contributed by atoms with Crippen LogP contribution in [0.2, 0.25) is 0 Å². The van der Waals surface area contributed by atoms with Crippen LogP contribution >= 0.6 is 0 Å². The Bertz CT molecular complexity index is 1030. The lowest BCUT2D eigenvalue weighted by molar-refractivity contribution is -0.385. The quantitative estimate of drug-likeness (QED) is 0.401. The van der Waals surface area contributed by atoms with E-state index in [0.29, 0.717) is 0 Å². The minimum Gasteiger partial charge on any atom is -0.490 e. The van der Waals surface area contributed by atoms with E-state index in [0.717, 1.165) is 36.8 Å². The molecule has 2 aromatic rings. The molecule has 1 atom stereocenters. The second kappa shape index (κ2) is 12.2. The summed E-state index contributed by atoms with van der Waals surface area (Å²) in [5.41, 5.74) is 1.81. The molecule has 2 aromatic carbocycles. The molecule has 0 radical (unpaired) electrons. The van der Waals surface area contributed by atoms with Crippen molar-refractivity contribution in [2.24, 2.45) is 0 Å². The Kier molecular flexibility index (Phi) is 9.05. The molecule has 1 saturated carbocycles. The summed E-state index contributed by atoms with van der Waals surface area (Å²) in [7, 11) is 1.33. The van der Waals surface area contributed by atoms with Crippen LogP contribution in [0, 0.1) is 17.0 Å². The number of carbonyl (C=O) groups excluding carboxylic acids is 2. The molecule has 0 aliphatic heterocycles. The molecule has 9 heteroatoms. The molecule has 3 rings (SSSR count). The Balaban J connectivity index is 1.73. The third kappa shape index (κ3) is 7.18. The SMILES string of the molecule is COc1cc(OCC(=O)N(Cc2ccc(C)cc2)C(C)C(=O)NC2CCCCC2)ccc1[N+](=O)[O-]. The first-order chi connectivity index (χ1) is 16.8. The molecule has 1 aliphatic rings. The van der Waals surface area contributed by atoms with Crippen LogP contribution in [0.3, 0.4) is 0 Å². The maximum atomic E-state index is 13.2. The summed E-state index contributed by atoms with van der Waals surface area (Å²) in [5, 5.41) is 14.2. The van der Waals surface area contributed by atoms with Crippen molar-refractivity contribution in [2.75, 3.05) is 13.7 Å². The average molecular weight is 484 g/mol. The summed E-state index contributed by atoms with van der Waals surface area (Å²) in [5.74, 6) is -0.254. The molecule has 0 spiro atoms. The van der Waals surface area contributed by atoms with E-state index in [4.69, 9.17) is 9.47 Å². The van der Waals surface area contributed by atoms with Gasteiger partial charge in [-0.3, -0.25) is 19.7 Å². The smallest absolute Gasteiger partial charge is 0.311 e. The first-order valence-electron chi connectivity index (χ1n) is 11.9. The van der Waals surface area contributed by atoms with Gasteiger partial charge >= 0.3 is 5.69 Å². The summed E-state index contributed by atoms with van der Waals surface area (Å²) >= 11 is 0. The maximum absolute atomic E-state index is 13.2. The Hall–Kier alpha value is -3.62. The van der Waals surface area contributed by atoms with Crippen molar-refractivity contribution in [1.82, 2.24) is 10.2 Å². The number of aryl methyl sites for hydroxylation is 1. The lowest BCUT2D eigenvalue weighted by atomic mass is 9.95. The van der Waals surface area contributed by atoms with Crippen molar-refractivity contribution in [2.45, 2.75) is 64.6 Å². The van der Waals surface area contributed by atoms with Crippen LogP contribution in [0.4, 0.5) is 5.69 Å². The normalized spacial score (nSPS) is 14.6. The summed E-state index contributed by atoms with van der Waals surface area (Å²) in [4.78, 5) is 38.3. The van der Waals surface area contributed by atoms with E-state index in [1.54, 1.807) is 6.92 Å². The van der Waals surface area contributed by atoms with Crippen LogP contribution in [-0.4, -0.2) is 47.4 Å². The standard InChI is InChI=1S/C26H33N3O6/c1-18-9-11-20(12-10-18)16-28(19(2)26(31)27-21-7-5-4-6-8-21)25(30)17-35-22-13-14-23(29(32)33)24(15-22)34-3/h9-15,19,21H,4-8,16-17H2,1-3H3,(H,27,31). The van der Waals surface area contributed by atoms with E-state index >= 15 is 0 Å². The Morgan fingerprint density at radius 2 is 1.83 bits per heavy atom. The van der Waals surface area contributed by atoms with Crippen LogP contribution in [0.15, 0.2) is 42.5 Å². The fourth-order valence-corrected chi connectivity index (χ4v) is 4.17. The van der Waals surface area contributed by atoms with Gasteiger partial charge in [0.05, 0.1) is 12.0 Å². The number of carbonyl (C=O) groups is 2. The van der Waals surface area contributed by atoms with Gasteiger partial charge in [0.1, 0.15) is 11.8 Å². The second-order valence-corrected chi connectivity index (χ2v) is 8.91. The highest BCUT2D eigenvalue weighted by Crippen LogP contribution is 2.30. The van der Waals surface area contributed by atoms with Gasteiger partial charge < -0.3 is 19.7 Å². The van der Waals surface area contributed by atoms with Gasteiger partial charge in [0.25, 0.3) is 5.91 Å². The molecule has 0 heterocycles. The minimum atomic E-state index is -0.694. The van der Waals surface area contributed by atoms with Crippen LogP contribution in [0.1, 0.15) is 50.2 Å². The van der Waals surface area contributed by atoms with Crippen LogP contribution < -0.4 is 14.8 Å². The summed E-state index contributed by atoms with van der Waals surface area (Å²) in [6.07, 6.45) is 5.28. The molecule has 0 bridgehead atoms. The number of methoxy groups -OCH3 is 1. The van der Waals surface area contributed by atoms with Gasteiger partial charge in [-0.25, -0.2) is 0 Å². The van der Waals surface area contributed by atoms with E-state index in [2.05, 4.69) is 5.32 Å². The molecule has 1 unspecified atom stereocenters. The van der Waals surface area contributed by atoms with Crippen molar-refractivity contribution in [1.29, 1.82) is 0 Å². The molecule has 0 saturated heterocycles. The number of rotatable bonds is 10. The molecule has 0 aromatic heterocycles. The largest absolute Gasteiger partial charge is 0.490 e. The second-order valence-electron chi connectivity index (χ2n) is 8.91. The van der Waals surface area contributed by atoms with Gasteiger partial charge in [-0.05, 0) is 38.3 Å². The van der Waals surface area contributed by atoms with E-state index in [1.807, 2.05) is 31.2 Å². The number of nitrogens with zero attached hydrogens (tertiary/aromatic N) is 2. The van der Waals surface area contributed by atoms with Gasteiger partial charge in [-0.15, -0.1) is 0 Å². The average Bonchev–Trinajstić information content (AvgIpc) is 2.86. The van der Waals surface area contributed by atoms with Crippen molar-refractivity contribution in [3.8, 4) is 11.5 Å². The van der Waals surface area contributed by atoms with Crippen LogP contribution in [-0.2, 0) is 16.1 Å². The summed E-state index contributed by atoms with van der Waals surface area (Å²) in [6, 6.07) is 11.3. The number of amides is 2. The highest BCUT2D eigenvalue weighted by atomic mass is 16.6. The number of nitrogens with one attached hydrogen (secondary N) is 1. The molecule has 1 N–H and O–H groups in total. The van der Waals surface area contributed by atoms with E-state index in [1.165, 1.54) is 36.6 Å². The zero-order chi connectivity index (χ0) is 25.4. The first-order valence-corrected chi connectivity index (χ1v) is 11.9. The van der Waals surface area contributed by atoms with Gasteiger partial charge in [0.15, 0.2) is 6.61 Å². The number of ether oxygens (including phenoxy) is 2. The zero-order valence-corrected chi connectivity index (χ0v) is 20.5. The number of nitro benzene ring substituents is 1. The third-order valence-corrected chi connectivity index (χ3v) is 6.30. The minimum absolute atomic E-state index is 0.0386. The van der Waals surface area contributed by atoms with Gasteiger partial charge in [0.2, 0.25) is 11.7 Å².